The number of phenolic OH excluding ortho intramolecular Hbond substituents is 3. The summed E-state index contributed by atoms with van der Waals surface area (Å²) in [5, 5.41) is 32.8. The molecule has 4 N–H and O–H groups in total. The molecule has 40 heavy (non-hydrogen) atoms. The average Bonchev–Trinajstić information content (AvgIpc) is 3.33. The summed E-state index contributed by atoms with van der Waals surface area (Å²) < 4.78 is 22.5. The van der Waals surface area contributed by atoms with Crippen molar-refractivity contribution >= 4 is 11.9 Å². The Labute approximate surface area is 232 Å². The highest BCUT2D eigenvalue weighted by Gasteiger charge is 2.50. The van der Waals surface area contributed by atoms with Crippen molar-refractivity contribution in [3.05, 3.63) is 77.4 Å². The van der Waals surface area contributed by atoms with E-state index in [1.165, 1.54) is 33.3 Å². The summed E-state index contributed by atoms with van der Waals surface area (Å²) >= 11 is 0. The molecule has 1 aliphatic rings. The number of hydrogen-bond acceptors (Lipinski definition) is 9. The van der Waals surface area contributed by atoms with E-state index >= 15 is 0 Å². The van der Waals surface area contributed by atoms with Gasteiger partial charge in [0.2, 0.25) is 5.91 Å². The van der Waals surface area contributed by atoms with Crippen LogP contribution in [-0.2, 0) is 25.5 Å². The van der Waals surface area contributed by atoms with Gasteiger partial charge in [-0.3, -0.25) is 9.59 Å². The van der Waals surface area contributed by atoms with Crippen LogP contribution in [0.5, 0.6) is 28.7 Å². The molecule has 3 aromatic rings. The monoisotopic (exact) mass is 551 g/mol. The highest BCUT2D eigenvalue weighted by Crippen LogP contribution is 2.51. The van der Waals surface area contributed by atoms with Gasteiger partial charge in [0.1, 0.15) is 5.75 Å². The Hall–Kier alpha value is -4.44. The van der Waals surface area contributed by atoms with Gasteiger partial charge in [-0.05, 0) is 59.5 Å². The van der Waals surface area contributed by atoms with Crippen LogP contribution in [0.4, 0.5) is 0 Å². The normalized spacial score (nSPS) is 20.1. The van der Waals surface area contributed by atoms with Gasteiger partial charge in [-0.25, -0.2) is 0 Å². The topological polar surface area (TPSA) is 144 Å². The van der Waals surface area contributed by atoms with E-state index < -0.39 is 30.0 Å². The Morgan fingerprint density at radius 3 is 1.98 bits per heavy atom. The molecule has 10 heteroatoms. The van der Waals surface area contributed by atoms with E-state index in [4.69, 9.17) is 18.9 Å². The van der Waals surface area contributed by atoms with Gasteiger partial charge < -0.3 is 39.6 Å². The van der Waals surface area contributed by atoms with E-state index in [0.29, 0.717) is 24.1 Å². The summed E-state index contributed by atoms with van der Waals surface area (Å²) in [5.74, 6) is -1.69. The van der Waals surface area contributed by atoms with Crippen LogP contribution < -0.4 is 14.8 Å². The maximum Gasteiger partial charge on any atom is 0.302 e. The van der Waals surface area contributed by atoms with E-state index in [1.807, 2.05) is 0 Å². The van der Waals surface area contributed by atoms with Crippen molar-refractivity contribution in [1.82, 2.24) is 5.32 Å². The molecule has 1 heterocycles. The van der Waals surface area contributed by atoms with Gasteiger partial charge in [-0.15, -0.1) is 0 Å². The number of aromatic hydroxyl groups is 3. The second-order valence-electron chi connectivity index (χ2n) is 9.54. The molecule has 0 spiro atoms. The van der Waals surface area contributed by atoms with Crippen molar-refractivity contribution in [2.24, 2.45) is 11.8 Å². The van der Waals surface area contributed by atoms with Crippen LogP contribution in [0.3, 0.4) is 0 Å². The Morgan fingerprint density at radius 2 is 1.43 bits per heavy atom. The molecule has 10 nitrogen and oxygen atoms in total. The summed E-state index contributed by atoms with van der Waals surface area (Å²) in [6.45, 7) is 1.53. The number of ether oxygens (including phenoxy) is 4. The lowest BCUT2D eigenvalue weighted by molar-refractivity contribution is -0.144. The van der Waals surface area contributed by atoms with E-state index in [1.54, 1.807) is 48.5 Å². The fourth-order valence-corrected chi connectivity index (χ4v) is 4.96. The second-order valence-corrected chi connectivity index (χ2v) is 9.54. The Bertz CT molecular complexity index is 1340. The number of carbonyl (C=O) groups is 2. The zero-order chi connectivity index (χ0) is 28.8. The molecule has 1 amide bonds. The van der Waals surface area contributed by atoms with Crippen LogP contribution >= 0.6 is 0 Å². The molecule has 0 saturated carbocycles. The molecule has 0 aromatic heterocycles. The maximum absolute atomic E-state index is 13.8. The van der Waals surface area contributed by atoms with Crippen LogP contribution in [0.25, 0.3) is 0 Å². The lowest BCUT2D eigenvalue weighted by Gasteiger charge is -2.24. The van der Waals surface area contributed by atoms with E-state index in [-0.39, 0.29) is 41.3 Å². The van der Waals surface area contributed by atoms with Crippen molar-refractivity contribution in [2.75, 3.05) is 27.4 Å². The third kappa shape index (κ3) is 6.40. The lowest BCUT2D eigenvalue weighted by atomic mass is 9.82. The predicted molar refractivity (Wildman–Crippen MR) is 144 cm³/mol. The quantitative estimate of drug-likeness (QED) is 0.277. The number of esters is 1. The summed E-state index contributed by atoms with van der Waals surface area (Å²) in [7, 11) is 2.86. The number of carbonyl (C=O) groups excluding carboxylic acids is 2. The SMILES string of the molecule is COc1cc([C@@H]2O[C@@H](c3ccc(O)c(OC)c3)[C@H](C(=O)NCCc3ccc(O)cc3)[C@H]2COC(C)=O)ccc1O. The molecule has 0 radical (unpaired) electrons. The summed E-state index contributed by atoms with van der Waals surface area (Å²) in [6, 6.07) is 16.2. The van der Waals surface area contributed by atoms with Crippen LogP contribution in [0.1, 0.15) is 35.8 Å². The minimum atomic E-state index is -0.793. The van der Waals surface area contributed by atoms with E-state index in [9.17, 15) is 24.9 Å². The summed E-state index contributed by atoms with van der Waals surface area (Å²) in [4.78, 5) is 25.6. The van der Waals surface area contributed by atoms with Crippen molar-refractivity contribution in [1.29, 1.82) is 0 Å². The fraction of sp³-hybridized carbons (Fsp3) is 0.333. The standard InChI is InChI=1S/C30H33NO9/c1-17(32)39-16-22-27(30(36)31-13-12-18-4-8-21(33)9-5-18)29(20-7-11-24(35)26(15-20)38-3)40-28(22)19-6-10-23(34)25(14-19)37-2/h4-11,14-15,22,27-29,33-35H,12-13,16H2,1-3H3,(H,31,36)/t22-,27-,28+,29+/m1/s1. The highest BCUT2D eigenvalue weighted by atomic mass is 16.5. The number of benzene rings is 3. The maximum atomic E-state index is 13.8. The van der Waals surface area contributed by atoms with Crippen molar-refractivity contribution in [2.45, 2.75) is 25.6 Å². The lowest BCUT2D eigenvalue weighted by Crippen LogP contribution is -2.38. The van der Waals surface area contributed by atoms with Crippen LogP contribution in [0.15, 0.2) is 60.7 Å². The first-order chi connectivity index (χ1) is 19.2. The molecule has 4 rings (SSSR count). The van der Waals surface area contributed by atoms with Crippen LogP contribution in [0.2, 0.25) is 0 Å². The molecule has 0 unspecified atom stereocenters. The van der Waals surface area contributed by atoms with E-state index in [0.717, 1.165) is 5.56 Å². The first kappa shape index (κ1) is 28.6. The molecule has 3 aromatic carbocycles. The molecular formula is C30H33NO9. The molecule has 0 bridgehead atoms. The molecular weight excluding hydrogens is 518 g/mol. The minimum Gasteiger partial charge on any atom is -0.508 e. The Morgan fingerprint density at radius 1 is 0.850 bits per heavy atom. The second kappa shape index (κ2) is 12.6. The average molecular weight is 552 g/mol. The number of methoxy groups -OCH3 is 2. The largest absolute Gasteiger partial charge is 0.508 e. The van der Waals surface area contributed by atoms with Gasteiger partial charge in [0.25, 0.3) is 0 Å². The molecule has 1 fully saturated rings. The number of amides is 1. The first-order valence-electron chi connectivity index (χ1n) is 12.8. The van der Waals surface area contributed by atoms with Gasteiger partial charge in [-0.2, -0.15) is 0 Å². The molecule has 4 atom stereocenters. The Balaban J connectivity index is 1.69. The number of hydrogen-bond donors (Lipinski definition) is 4. The molecule has 1 aliphatic heterocycles. The third-order valence-corrected chi connectivity index (χ3v) is 6.97. The fourth-order valence-electron chi connectivity index (χ4n) is 4.96. The summed E-state index contributed by atoms with van der Waals surface area (Å²) in [5.41, 5.74) is 2.16. The van der Waals surface area contributed by atoms with E-state index in [2.05, 4.69) is 5.32 Å². The van der Waals surface area contributed by atoms with Crippen molar-refractivity contribution in [3.63, 3.8) is 0 Å². The number of rotatable bonds is 10. The van der Waals surface area contributed by atoms with Gasteiger partial charge in [0.05, 0.1) is 39.0 Å². The van der Waals surface area contributed by atoms with Crippen LogP contribution in [-0.4, -0.2) is 54.6 Å². The highest BCUT2D eigenvalue weighted by molar-refractivity contribution is 5.80. The molecule has 212 valence electrons. The zero-order valence-electron chi connectivity index (χ0n) is 22.5. The first-order valence-corrected chi connectivity index (χ1v) is 12.8. The van der Waals surface area contributed by atoms with Crippen molar-refractivity contribution < 1.29 is 43.9 Å². The third-order valence-electron chi connectivity index (χ3n) is 6.97. The molecule has 0 aliphatic carbocycles. The van der Waals surface area contributed by atoms with Gasteiger partial charge >= 0.3 is 5.97 Å². The van der Waals surface area contributed by atoms with Gasteiger partial charge in [-0.1, -0.05) is 24.3 Å². The number of nitrogens with one attached hydrogen (secondary N) is 1. The minimum absolute atomic E-state index is 0.0517. The zero-order valence-corrected chi connectivity index (χ0v) is 22.5. The number of phenols is 3. The van der Waals surface area contributed by atoms with Gasteiger partial charge in [0, 0.05) is 19.4 Å². The van der Waals surface area contributed by atoms with Gasteiger partial charge in [0.15, 0.2) is 23.0 Å². The predicted octanol–water partition coefficient (Wildman–Crippen LogP) is 3.79. The molecule has 1 saturated heterocycles. The Kier molecular flexibility index (Phi) is 9.00. The summed E-state index contributed by atoms with van der Waals surface area (Å²) in [6.07, 6.45) is -0.954. The van der Waals surface area contributed by atoms with Crippen molar-refractivity contribution in [3.8, 4) is 28.7 Å². The smallest absolute Gasteiger partial charge is 0.302 e. The van der Waals surface area contributed by atoms with Crippen LogP contribution in [0, 0.1) is 11.8 Å².